The van der Waals surface area contributed by atoms with Crippen molar-refractivity contribution in [1.82, 2.24) is 0 Å². The number of allylic oxidation sites excluding steroid dienone is 4. The lowest BCUT2D eigenvalue weighted by molar-refractivity contribution is 1.12. The second-order valence-corrected chi connectivity index (χ2v) is 3.78. The molecule has 0 aromatic heterocycles. The van der Waals surface area contributed by atoms with Gasteiger partial charge in [-0.1, -0.05) is 43.3 Å². The van der Waals surface area contributed by atoms with Gasteiger partial charge in [0, 0.05) is 0 Å². The van der Waals surface area contributed by atoms with Crippen LogP contribution >= 0.6 is 0 Å². The predicted molar refractivity (Wildman–Crippen MR) is 62.2 cm³/mol. The van der Waals surface area contributed by atoms with Crippen LogP contribution < -0.4 is 0 Å². The lowest BCUT2D eigenvalue weighted by Gasteiger charge is -2.09. The Morgan fingerprint density at radius 2 is 2.00 bits per heavy atom. The first kappa shape index (κ1) is 9.26. The van der Waals surface area contributed by atoms with Gasteiger partial charge in [0.05, 0.1) is 0 Å². The second kappa shape index (κ2) is 3.83. The molecule has 0 radical (unpaired) electrons. The summed E-state index contributed by atoms with van der Waals surface area (Å²) in [5, 5.41) is 0. The number of hydrogen-bond acceptors (Lipinski definition) is 0. The smallest absolute Gasteiger partial charge is 0.00856 e. The standard InChI is InChI=1S/C14H16/c1-3-12-8-4-5-9-14(12)13-10-6-7-11(13)2/h4-9H,3,10H2,1-2H3. The van der Waals surface area contributed by atoms with Crippen LogP contribution in [0.5, 0.6) is 0 Å². The van der Waals surface area contributed by atoms with E-state index in [1.54, 1.807) is 0 Å². The molecule has 0 nitrogen and oxygen atoms in total. The maximum absolute atomic E-state index is 2.25. The summed E-state index contributed by atoms with van der Waals surface area (Å²) in [7, 11) is 0. The maximum atomic E-state index is 2.25. The first-order valence-corrected chi connectivity index (χ1v) is 5.27. The van der Waals surface area contributed by atoms with Gasteiger partial charge in [-0.2, -0.15) is 0 Å². The number of hydrogen-bond donors (Lipinski definition) is 0. The fourth-order valence-electron chi connectivity index (χ4n) is 2.06. The van der Waals surface area contributed by atoms with Gasteiger partial charge in [-0.05, 0) is 42.0 Å². The van der Waals surface area contributed by atoms with Crippen LogP contribution in [0.4, 0.5) is 0 Å². The molecule has 0 atom stereocenters. The van der Waals surface area contributed by atoms with Crippen molar-refractivity contribution in [1.29, 1.82) is 0 Å². The van der Waals surface area contributed by atoms with Gasteiger partial charge in [-0.25, -0.2) is 0 Å². The molecule has 0 spiro atoms. The fourth-order valence-corrected chi connectivity index (χ4v) is 2.06. The average molecular weight is 184 g/mol. The van der Waals surface area contributed by atoms with Crippen molar-refractivity contribution in [3.8, 4) is 0 Å². The number of aryl methyl sites for hydroxylation is 1. The van der Waals surface area contributed by atoms with Gasteiger partial charge in [0.2, 0.25) is 0 Å². The van der Waals surface area contributed by atoms with E-state index in [-0.39, 0.29) is 0 Å². The molecule has 72 valence electrons. The number of rotatable bonds is 2. The molecular weight excluding hydrogens is 168 g/mol. The third-order valence-electron chi connectivity index (χ3n) is 2.89. The Balaban J connectivity index is 2.47. The third kappa shape index (κ3) is 1.52. The molecule has 1 aromatic rings. The summed E-state index contributed by atoms with van der Waals surface area (Å²) in [6.07, 6.45) is 6.69. The molecule has 1 aliphatic carbocycles. The quantitative estimate of drug-likeness (QED) is 0.652. The summed E-state index contributed by atoms with van der Waals surface area (Å²) in [6, 6.07) is 8.73. The summed E-state index contributed by atoms with van der Waals surface area (Å²) in [4.78, 5) is 0. The first-order chi connectivity index (χ1) is 6.83. The van der Waals surface area contributed by atoms with Gasteiger partial charge in [-0.3, -0.25) is 0 Å². The van der Waals surface area contributed by atoms with E-state index in [0.29, 0.717) is 0 Å². The van der Waals surface area contributed by atoms with Crippen molar-refractivity contribution in [2.24, 2.45) is 0 Å². The summed E-state index contributed by atoms with van der Waals surface area (Å²) in [6.45, 7) is 4.42. The van der Waals surface area contributed by atoms with Gasteiger partial charge < -0.3 is 0 Å². The second-order valence-electron chi connectivity index (χ2n) is 3.78. The Hall–Kier alpha value is -1.30. The zero-order chi connectivity index (χ0) is 9.97. The highest BCUT2D eigenvalue weighted by Gasteiger charge is 2.10. The monoisotopic (exact) mass is 184 g/mol. The fraction of sp³-hybridized carbons (Fsp3) is 0.286. The van der Waals surface area contributed by atoms with E-state index in [9.17, 15) is 0 Å². The Morgan fingerprint density at radius 3 is 2.64 bits per heavy atom. The summed E-state index contributed by atoms with van der Waals surface area (Å²) in [5.41, 5.74) is 5.83. The van der Waals surface area contributed by atoms with Crippen LogP contribution in [-0.4, -0.2) is 0 Å². The Labute approximate surface area is 86.0 Å². The van der Waals surface area contributed by atoms with Crippen LogP contribution in [0.2, 0.25) is 0 Å². The van der Waals surface area contributed by atoms with E-state index in [4.69, 9.17) is 0 Å². The van der Waals surface area contributed by atoms with Gasteiger partial charge >= 0.3 is 0 Å². The van der Waals surface area contributed by atoms with E-state index in [1.807, 2.05) is 0 Å². The predicted octanol–water partition coefficient (Wildman–Crippen LogP) is 3.98. The molecule has 0 heteroatoms. The molecule has 0 fully saturated rings. The van der Waals surface area contributed by atoms with Gasteiger partial charge in [-0.15, -0.1) is 0 Å². The van der Waals surface area contributed by atoms with Crippen molar-refractivity contribution in [3.05, 3.63) is 53.1 Å². The van der Waals surface area contributed by atoms with Crippen LogP contribution in [0.3, 0.4) is 0 Å². The van der Waals surface area contributed by atoms with Crippen LogP contribution in [0, 0.1) is 0 Å². The molecule has 14 heavy (non-hydrogen) atoms. The van der Waals surface area contributed by atoms with Crippen LogP contribution in [0.1, 0.15) is 31.4 Å². The lowest BCUT2D eigenvalue weighted by Crippen LogP contribution is -1.91. The molecule has 0 saturated heterocycles. The Kier molecular flexibility index (Phi) is 2.53. The average Bonchev–Trinajstić information content (AvgIpc) is 2.64. The van der Waals surface area contributed by atoms with Crippen LogP contribution in [0.25, 0.3) is 5.57 Å². The van der Waals surface area contributed by atoms with E-state index >= 15 is 0 Å². The minimum absolute atomic E-state index is 1.10. The van der Waals surface area contributed by atoms with E-state index in [2.05, 4.69) is 50.3 Å². The molecule has 0 aliphatic heterocycles. The molecular formula is C14H16. The largest absolute Gasteiger partial charge is 0.0798 e. The molecule has 0 bridgehead atoms. The van der Waals surface area contributed by atoms with Gasteiger partial charge in [0.1, 0.15) is 0 Å². The summed E-state index contributed by atoms with van der Waals surface area (Å²) >= 11 is 0. The molecule has 0 saturated carbocycles. The lowest BCUT2D eigenvalue weighted by atomic mass is 9.95. The molecule has 0 unspecified atom stereocenters. The van der Waals surface area contributed by atoms with E-state index in [0.717, 1.165) is 12.8 Å². The van der Waals surface area contributed by atoms with Crippen molar-refractivity contribution < 1.29 is 0 Å². The van der Waals surface area contributed by atoms with Crippen molar-refractivity contribution >= 4 is 5.57 Å². The summed E-state index contributed by atoms with van der Waals surface area (Å²) in [5.74, 6) is 0. The van der Waals surface area contributed by atoms with E-state index < -0.39 is 0 Å². The highest BCUT2D eigenvalue weighted by Crippen LogP contribution is 2.30. The third-order valence-corrected chi connectivity index (χ3v) is 2.89. The Bertz CT molecular complexity index is 394. The first-order valence-electron chi connectivity index (χ1n) is 5.27. The molecule has 1 aliphatic rings. The zero-order valence-electron chi connectivity index (χ0n) is 8.88. The highest BCUT2D eigenvalue weighted by atomic mass is 14.1. The molecule has 0 N–H and O–H groups in total. The van der Waals surface area contributed by atoms with Crippen LogP contribution in [0.15, 0.2) is 42.0 Å². The Morgan fingerprint density at radius 1 is 1.21 bits per heavy atom. The van der Waals surface area contributed by atoms with Crippen molar-refractivity contribution in [2.75, 3.05) is 0 Å². The zero-order valence-corrected chi connectivity index (χ0v) is 8.88. The number of benzene rings is 1. The van der Waals surface area contributed by atoms with Gasteiger partial charge in [0.15, 0.2) is 0 Å². The van der Waals surface area contributed by atoms with Crippen molar-refractivity contribution in [3.63, 3.8) is 0 Å². The maximum Gasteiger partial charge on any atom is -0.00856 e. The molecule has 2 rings (SSSR count). The molecule has 1 aromatic carbocycles. The molecule has 0 amide bonds. The minimum atomic E-state index is 1.10. The molecule has 0 heterocycles. The highest BCUT2D eigenvalue weighted by molar-refractivity contribution is 5.76. The van der Waals surface area contributed by atoms with Crippen LogP contribution in [-0.2, 0) is 6.42 Å². The minimum Gasteiger partial charge on any atom is -0.0798 e. The SMILES string of the molecule is CCc1ccccc1C1=C(C)C=CC1. The van der Waals surface area contributed by atoms with Gasteiger partial charge in [0.25, 0.3) is 0 Å². The normalized spacial score (nSPS) is 15.3. The van der Waals surface area contributed by atoms with Crippen molar-refractivity contribution in [2.45, 2.75) is 26.7 Å². The van der Waals surface area contributed by atoms with E-state index in [1.165, 1.54) is 22.3 Å². The topological polar surface area (TPSA) is 0 Å². The summed E-state index contributed by atoms with van der Waals surface area (Å²) < 4.78 is 0.